The van der Waals surface area contributed by atoms with Crippen LogP contribution < -0.4 is 5.43 Å². The van der Waals surface area contributed by atoms with Gasteiger partial charge in [0.05, 0.1) is 13.2 Å². The zero-order chi connectivity index (χ0) is 15.8. The molecule has 1 fully saturated rings. The van der Waals surface area contributed by atoms with Crippen molar-refractivity contribution in [3.8, 4) is 0 Å². The van der Waals surface area contributed by atoms with Crippen LogP contribution in [0.5, 0.6) is 0 Å². The van der Waals surface area contributed by atoms with Crippen LogP contribution in [0.3, 0.4) is 0 Å². The highest BCUT2D eigenvalue weighted by atomic mass is 32.1. The standard InChI is InChI=1S/C18H15NO3S/c20-17-13-3-1-2-4-15(13)23-16-6-5-12(11-14(16)17)18(21)19-7-9-22-10-8-19/h1-6,11H,7-10H2. The number of benzene rings is 2. The lowest BCUT2D eigenvalue weighted by molar-refractivity contribution is 0.0303. The number of amides is 1. The Morgan fingerprint density at radius 1 is 1.00 bits per heavy atom. The summed E-state index contributed by atoms with van der Waals surface area (Å²) in [5, 5.41) is 1.33. The average molecular weight is 325 g/mol. The maximum atomic E-state index is 12.7. The lowest BCUT2D eigenvalue weighted by Gasteiger charge is -2.26. The summed E-state index contributed by atoms with van der Waals surface area (Å²) >= 11 is 1.58. The van der Waals surface area contributed by atoms with E-state index >= 15 is 0 Å². The Labute approximate surface area is 136 Å². The second-order valence-electron chi connectivity index (χ2n) is 5.54. The lowest BCUT2D eigenvalue weighted by atomic mass is 10.1. The molecule has 0 aliphatic carbocycles. The van der Waals surface area contributed by atoms with E-state index in [1.165, 1.54) is 0 Å². The van der Waals surface area contributed by atoms with Crippen molar-refractivity contribution in [2.45, 2.75) is 0 Å². The molecule has 1 amide bonds. The van der Waals surface area contributed by atoms with Gasteiger partial charge in [-0.1, -0.05) is 12.1 Å². The third-order valence-corrected chi connectivity index (χ3v) is 5.27. The molecule has 0 N–H and O–H groups in total. The number of morpholine rings is 1. The largest absolute Gasteiger partial charge is 0.378 e. The Bertz CT molecular complexity index is 957. The fraction of sp³-hybridized carbons (Fsp3) is 0.222. The molecule has 0 saturated carbocycles. The molecule has 1 aliphatic heterocycles. The van der Waals surface area contributed by atoms with Crippen LogP contribution in [0, 0.1) is 0 Å². The zero-order valence-corrected chi connectivity index (χ0v) is 13.3. The van der Waals surface area contributed by atoms with Gasteiger partial charge in [-0.3, -0.25) is 9.59 Å². The maximum absolute atomic E-state index is 12.7. The molecule has 4 rings (SSSR count). The molecule has 2 aromatic carbocycles. The van der Waals surface area contributed by atoms with Gasteiger partial charge in [0.25, 0.3) is 5.91 Å². The Morgan fingerprint density at radius 2 is 1.74 bits per heavy atom. The van der Waals surface area contributed by atoms with Gasteiger partial charge in [-0.05, 0) is 30.3 Å². The first-order valence-electron chi connectivity index (χ1n) is 7.57. The van der Waals surface area contributed by atoms with Crippen molar-refractivity contribution in [2.24, 2.45) is 0 Å². The molecule has 116 valence electrons. The minimum absolute atomic E-state index is 0.00835. The molecule has 3 aromatic rings. The maximum Gasteiger partial charge on any atom is 0.254 e. The van der Waals surface area contributed by atoms with Gasteiger partial charge in [0.15, 0.2) is 5.43 Å². The molecular formula is C18H15NO3S. The molecular weight excluding hydrogens is 310 g/mol. The predicted molar refractivity (Wildman–Crippen MR) is 92.3 cm³/mol. The number of carbonyl (C=O) groups is 1. The molecule has 1 aliphatic rings. The summed E-state index contributed by atoms with van der Waals surface area (Å²) in [6.07, 6.45) is 0. The van der Waals surface area contributed by atoms with Crippen molar-refractivity contribution in [3.05, 3.63) is 58.3 Å². The van der Waals surface area contributed by atoms with E-state index in [2.05, 4.69) is 0 Å². The molecule has 0 atom stereocenters. The first kappa shape index (κ1) is 14.4. The molecule has 1 saturated heterocycles. The molecule has 1 aromatic heterocycles. The van der Waals surface area contributed by atoms with Crippen LogP contribution in [0.25, 0.3) is 20.2 Å². The van der Waals surface area contributed by atoms with Crippen molar-refractivity contribution < 1.29 is 9.53 Å². The Kier molecular flexibility index (Phi) is 3.59. The predicted octanol–water partition coefficient (Wildman–Crippen LogP) is 2.89. The van der Waals surface area contributed by atoms with Gasteiger partial charge >= 0.3 is 0 Å². The number of nitrogens with zero attached hydrogens (tertiary/aromatic N) is 1. The molecule has 0 unspecified atom stereocenters. The van der Waals surface area contributed by atoms with Crippen molar-refractivity contribution in [2.75, 3.05) is 26.3 Å². The van der Waals surface area contributed by atoms with E-state index in [9.17, 15) is 9.59 Å². The van der Waals surface area contributed by atoms with Crippen LogP contribution >= 0.6 is 11.3 Å². The van der Waals surface area contributed by atoms with Crippen LogP contribution in [0.4, 0.5) is 0 Å². The Balaban J connectivity index is 1.84. The molecule has 23 heavy (non-hydrogen) atoms. The fourth-order valence-corrected chi connectivity index (χ4v) is 3.94. The summed E-state index contributed by atoms with van der Waals surface area (Å²) in [6, 6.07) is 13.0. The molecule has 0 spiro atoms. The van der Waals surface area contributed by atoms with Gasteiger partial charge in [-0.15, -0.1) is 11.3 Å². The third-order valence-electron chi connectivity index (χ3n) is 4.12. The number of ether oxygens (including phenoxy) is 1. The van der Waals surface area contributed by atoms with Crippen molar-refractivity contribution in [1.29, 1.82) is 0 Å². The van der Waals surface area contributed by atoms with Crippen LogP contribution in [-0.4, -0.2) is 37.1 Å². The first-order chi connectivity index (χ1) is 11.2. The normalized spacial score (nSPS) is 15.2. The summed E-state index contributed by atoms with van der Waals surface area (Å²) in [6.45, 7) is 2.33. The molecule has 2 heterocycles. The van der Waals surface area contributed by atoms with Crippen LogP contribution in [0.2, 0.25) is 0 Å². The minimum Gasteiger partial charge on any atom is -0.378 e. The molecule has 5 heteroatoms. The minimum atomic E-state index is -0.0345. The molecule has 0 bridgehead atoms. The van der Waals surface area contributed by atoms with E-state index in [0.29, 0.717) is 42.6 Å². The first-order valence-corrected chi connectivity index (χ1v) is 8.38. The van der Waals surface area contributed by atoms with Gasteiger partial charge in [-0.2, -0.15) is 0 Å². The van der Waals surface area contributed by atoms with Crippen LogP contribution in [0.15, 0.2) is 47.3 Å². The van der Waals surface area contributed by atoms with Gasteiger partial charge in [0.1, 0.15) is 0 Å². The summed E-state index contributed by atoms with van der Waals surface area (Å²) in [4.78, 5) is 27.1. The van der Waals surface area contributed by atoms with Crippen molar-refractivity contribution in [3.63, 3.8) is 0 Å². The second-order valence-corrected chi connectivity index (χ2v) is 6.63. The summed E-state index contributed by atoms with van der Waals surface area (Å²) in [5.74, 6) is -0.0345. The highest BCUT2D eigenvalue weighted by Gasteiger charge is 2.19. The van der Waals surface area contributed by atoms with E-state index in [-0.39, 0.29) is 11.3 Å². The van der Waals surface area contributed by atoms with E-state index in [1.54, 1.807) is 22.3 Å². The van der Waals surface area contributed by atoms with Crippen LogP contribution in [-0.2, 0) is 4.74 Å². The van der Waals surface area contributed by atoms with Crippen molar-refractivity contribution >= 4 is 37.4 Å². The summed E-state index contributed by atoms with van der Waals surface area (Å²) < 4.78 is 7.16. The van der Waals surface area contributed by atoms with E-state index < -0.39 is 0 Å². The third kappa shape index (κ3) is 2.52. The van der Waals surface area contributed by atoms with Crippen molar-refractivity contribution in [1.82, 2.24) is 4.90 Å². The highest BCUT2D eigenvalue weighted by molar-refractivity contribution is 7.24. The molecule has 4 nitrogen and oxygen atoms in total. The lowest BCUT2D eigenvalue weighted by Crippen LogP contribution is -2.40. The van der Waals surface area contributed by atoms with E-state index in [1.807, 2.05) is 36.4 Å². The number of hydrogen-bond acceptors (Lipinski definition) is 4. The van der Waals surface area contributed by atoms with Gasteiger partial charge in [-0.25, -0.2) is 0 Å². The quantitative estimate of drug-likeness (QED) is 0.646. The Morgan fingerprint density at radius 3 is 2.57 bits per heavy atom. The van der Waals surface area contributed by atoms with Gasteiger partial charge in [0, 0.05) is 38.8 Å². The summed E-state index contributed by atoms with van der Waals surface area (Å²) in [5.41, 5.74) is 0.560. The van der Waals surface area contributed by atoms with Crippen LogP contribution in [0.1, 0.15) is 10.4 Å². The summed E-state index contributed by atoms with van der Waals surface area (Å²) in [7, 11) is 0. The monoisotopic (exact) mass is 325 g/mol. The second kappa shape index (κ2) is 5.76. The van der Waals surface area contributed by atoms with E-state index in [0.717, 1.165) is 9.40 Å². The number of hydrogen-bond donors (Lipinski definition) is 0. The highest BCUT2D eigenvalue weighted by Crippen LogP contribution is 2.25. The SMILES string of the molecule is O=C(c1ccc2sc3ccccc3c(=O)c2c1)N1CCOCC1. The molecule has 0 radical (unpaired) electrons. The van der Waals surface area contributed by atoms with E-state index in [4.69, 9.17) is 4.74 Å². The smallest absolute Gasteiger partial charge is 0.254 e. The van der Waals surface area contributed by atoms with Gasteiger partial charge in [0.2, 0.25) is 0 Å². The van der Waals surface area contributed by atoms with Gasteiger partial charge < -0.3 is 9.64 Å². The average Bonchev–Trinajstić information content (AvgIpc) is 2.62. The topological polar surface area (TPSA) is 46.6 Å². The number of rotatable bonds is 1. The fourth-order valence-electron chi connectivity index (χ4n) is 2.89. The zero-order valence-electron chi connectivity index (χ0n) is 12.5. The Hall–Kier alpha value is -2.24. The number of fused-ring (bicyclic) bond motifs is 2. The number of carbonyl (C=O) groups excluding carboxylic acids is 1.